The van der Waals surface area contributed by atoms with E-state index in [1.807, 2.05) is 29.7 Å². The van der Waals surface area contributed by atoms with Gasteiger partial charge in [0.05, 0.1) is 16.8 Å². The average Bonchev–Trinajstić information content (AvgIpc) is 3.20. The van der Waals surface area contributed by atoms with Crippen LogP contribution in [-0.2, 0) is 10.4 Å². The van der Waals surface area contributed by atoms with Crippen molar-refractivity contribution in [3.05, 3.63) is 75.5 Å². The van der Waals surface area contributed by atoms with Crippen LogP contribution in [-0.4, -0.2) is 21.2 Å². The summed E-state index contributed by atoms with van der Waals surface area (Å²) in [6.07, 6.45) is 2.31. The number of nitrogens with zero attached hydrogens (tertiary/aromatic N) is 2. The monoisotopic (exact) mass is 388 g/mol. The number of pyridine rings is 1. The van der Waals surface area contributed by atoms with Crippen LogP contribution < -0.4 is 0 Å². The van der Waals surface area contributed by atoms with Crippen LogP contribution in [0.2, 0.25) is 10.0 Å². The Kier molecular flexibility index (Phi) is 3.93. The molecule has 0 bridgehead atoms. The van der Waals surface area contributed by atoms with Gasteiger partial charge >= 0.3 is 5.97 Å². The van der Waals surface area contributed by atoms with Crippen molar-refractivity contribution < 1.29 is 14.7 Å². The van der Waals surface area contributed by atoms with Crippen molar-refractivity contribution in [1.29, 1.82) is 0 Å². The smallest absolute Gasteiger partial charge is 0.337 e. The molecule has 1 unspecified atom stereocenters. The molecule has 5 nitrogen and oxygen atoms in total. The SMILES string of the molecule is CC1(c2cc(Cl)cc(Cl)c2)CC(c2ccc(C(=O)O)c3cccn23)=NO1. The van der Waals surface area contributed by atoms with Crippen LogP contribution in [0, 0.1) is 0 Å². The lowest BCUT2D eigenvalue weighted by Crippen LogP contribution is -2.22. The van der Waals surface area contributed by atoms with Crippen LogP contribution in [0.15, 0.2) is 53.8 Å². The first-order valence-corrected chi connectivity index (χ1v) is 8.68. The number of carboxylic acids is 1. The maximum Gasteiger partial charge on any atom is 0.337 e. The van der Waals surface area contributed by atoms with Gasteiger partial charge in [-0.05, 0) is 49.4 Å². The van der Waals surface area contributed by atoms with Gasteiger partial charge in [-0.2, -0.15) is 0 Å². The standard InChI is InChI=1S/C19H14Cl2N2O3/c1-19(11-7-12(20)9-13(21)8-11)10-15(22-26-19)17-5-4-14(18(24)25)16-3-2-6-23(16)17/h2-9H,10H2,1H3,(H,24,25). The molecule has 132 valence electrons. The maximum absolute atomic E-state index is 11.4. The van der Waals surface area contributed by atoms with Crippen molar-refractivity contribution in [3.63, 3.8) is 0 Å². The number of benzene rings is 1. The largest absolute Gasteiger partial charge is 0.478 e. The Morgan fingerprint density at radius 1 is 1.23 bits per heavy atom. The summed E-state index contributed by atoms with van der Waals surface area (Å²) in [4.78, 5) is 17.2. The molecule has 0 saturated heterocycles. The van der Waals surface area contributed by atoms with E-state index in [4.69, 9.17) is 28.0 Å². The van der Waals surface area contributed by atoms with Crippen molar-refractivity contribution in [3.8, 4) is 0 Å². The Labute approximate surface area is 159 Å². The molecular weight excluding hydrogens is 375 g/mol. The summed E-state index contributed by atoms with van der Waals surface area (Å²) in [5, 5.41) is 14.7. The Bertz CT molecular complexity index is 1050. The molecule has 1 aromatic carbocycles. The Morgan fingerprint density at radius 3 is 2.65 bits per heavy atom. The molecule has 3 heterocycles. The molecule has 0 aliphatic carbocycles. The van der Waals surface area contributed by atoms with Gasteiger partial charge < -0.3 is 14.3 Å². The lowest BCUT2D eigenvalue weighted by molar-refractivity contribution is -0.00737. The number of rotatable bonds is 3. The third-order valence-electron chi connectivity index (χ3n) is 4.55. The van der Waals surface area contributed by atoms with E-state index in [0.29, 0.717) is 22.0 Å². The summed E-state index contributed by atoms with van der Waals surface area (Å²) in [7, 11) is 0. The maximum atomic E-state index is 11.4. The molecule has 0 amide bonds. The second kappa shape index (κ2) is 6.04. The van der Waals surface area contributed by atoms with Gasteiger partial charge in [-0.15, -0.1) is 0 Å². The van der Waals surface area contributed by atoms with E-state index in [0.717, 1.165) is 17.0 Å². The summed E-state index contributed by atoms with van der Waals surface area (Å²) in [5.74, 6) is -0.969. The number of hydrogen-bond donors (Lipinski definition) is 1. The van der Waals surface area contributed by atoms with E-state index in [1.54, 1.807) is 30.3 Å². The van der Waals surface area contributed by atoms with Crippen LogP contribution in [0.25, 0.3) is 5.52 Å². The van der Waals surface area contributed by atoms with Crippen molar-refractivity contribution in [1.82, 2.24) is 4.40 Å². The fraction of sp³-hybridized carbons (Fsp3) is 0.158. The minimum atomic E-state index is -0.969. The van der Waals surface area contributed by atoms with Crippen molar-refractivity contribution >= 4 is 40.4 Å². The highest BCUT2D eigenvalue weighted by atomic mass is 35.5. The lowest BCUT2D eigenvalue weighted by atomic mass is 9.90. The first kappa shape index (κ1) is 16.9. The molecule has 1 atom stereocenters. The highest BCUT2D eigenvalue weighted by Gasteiger charge is 2.38. The van der Waals surface area contributed by atoms with E-state index in [2.05, 4.69) is 5.16 Å². The number of carboxylic acid groups (broad SMARTS) is 1. The molecule has 0 saturated carbocycles. The number of aromatic carboxylic acids is 1. The first-order valence-electron chi connectivity index (χ1n) is 7.93. The molecule has 3 aromatic rings. The van der Waals surface area contributed by atoms with Crippen LogP contribution in [0.5, 0.6) is 0 Å². The molecule has 2 aromatic heterocycles. The van der Waals surface area contributed by atoms with E-state index in [-0.39, 0.29) is 5.56 Å². The molecule has 0 fully saturated rings. The highest BCUT2D eigenvalue weighted by molar-refractivity contribution is 6.34. The van der Waals surface area contributed by atoms with Gasteiger partial charge in [-0.3, -0.25) is 0 Å². The topological polar surface area (TPSA) is 63.3 Å². The average molecular weight is 389 g/mol. The molecular formula is C19H14Cl2N2O3. The predicted octanol–water partition coefficient (Wildman–Crippen LogP) is 4.98. The Balaban J connectivity index is 1.73. The van der Waals surface area contributed by atoms with Crippen LogP contribution in [0.1, 0.15) is 35.0 Å². The molecule has 0 spiro atoms. The van der Waals surface area contributed by atoms with E-state index in [9.17, 15) is 9.90 Å². The van der Waals surface area contributed by atoms with E-state index >= 15 is 0 Å². The summed E-state index contributed by atoms with van der Waals surface area (Å²) in [6, 6.07) is 12.2. The number of carbonyl (C=O) groups is 1. The quantitative estimate of drug-likeness (QED) is 0.687. The normalized spacial score (nSPS) is 19.4. The lowest BCUT2D eigenvalue weighted by Gasteiger charge is -2.22. The van der Waals surface area contributed by atoms with E-state index < -0.39 is 11.6 Å². The zero-order valence-corrected chi connectivity index (χ0v) is 15.3. The summed E-state index contributed by atoms with van der Waals surface area (Å²) < 4.78 is 1.81. The molecule has 1 N–H and O–H groups in total. The van der Waals surface area contributed by atoms with Gasteiger partial charge in [0.15, 0.2) is 5.60 Å². The third-order valence-corrected chi connectivity index (χ3v) is 4.99. The molecule has 1 aliphatic rings. The second-order valence-corrected chi connectivity index (χ2v) is 7.27. The first-order chi connectivity index (χ1) is 12.4. The zero-order chi connectivity index (χ0) is 18.5. The summed E-state index contributed by atoms with van der Waals surface area (Å²) in [5.41, 5.74) is 2.49. The number of halogens is 2. The molecule has 1 aliphatic heterocycles. The fourth-order valence-corrected chi connectivity index (χ4v) is 3.77. The summed E-state index contributed by atoms with van der Waals surface area (Å²) in [6.45, 7) is 1.92. The van der Waals surface area contributed by atoms with Crippen LogP contribution in [0.3, 0.4) is 0 Å². The fourth-order valence-electron chi connectivity index (χ4n) is 3.25. The number of oxime groups is 1. The van der Waals surface area contributed by atoms with Gasteiger partial charge in [0.2, 0.25) is 0 Å². The van der Waals surface area contributed by atoms with Gasteiger partial charge in [0.1, 0.15) is 5.71 Å². The molecule has 4 rings (SSSR count). The van der Waals surface area contributed by atoms with Gasteiger partial charge in [-0.25, -0.2) is 4.79 Å². The number of fused-ring (bicyclic) bond motifs is 1. The van der Waals surface area contributed by atoms with Gasteiger partial charge in [0, 0.05) is 28.2 Å². The van der Waals surface area contributed by atoms with Crippen LogP contribution in [0.4, 0.5) is 0 Å². The number of aromatic nitrogens is 1. The molecule has 7 heteroatoms. The third kappa shape index (κ3) is 2.73. The Morgan fingerprint density at radius 2 is 1.96 bits per heavy atom. The van der Waals surface area contributed by atoms with Crippen molar-refractivity contribution in [2.24, 2.45) is 5.16 Å². The van der Waals surface area contributed by atoms with Gasteiger partial charge in [0.25, 0.3) is 0 Å². The van der Waals surface area contributed by atoms with Gasteiger partial charge in [-0.1, -0.05) is 28.4 Å². The minimum absolute atomic E-state index is 0.239. The predicted molar refractivity (Wildman–Crippen MR) is 100 cm³/mol. The highest BCUT2D eigenvalue weighted by Crippen LogP contribution is 2.38. The number of hydrogen-bond acceptors (Lipinski definition) is 3. The van der Waals surface area contributed by atoms with Crippen molar-refractivity contribution in [2.45, 2.75) is 18.9 Å². The molecule has 0 radical (unpaired) electrons. The summed E-state index contributed by atoms with van der Waals surface area (Å²) >= 11 is 12.2. The zero-order valence-electron chi connectivity index (χ0n) is 13.7. The van der Waals surface area contributed by atoms with E-state index in [1.165, 1.54) is 0 Å². The Hall–Kier alpha value is -2.50. The minimum Gasteiger partial charge on any atom is -0.478 e. The second-order valence-electron chi connectivity index (χ2n) is 6.40. The molecule has 26 heavy (non-hydrogen) atoms. The van der Waals surface area contributed by atoms with Crippen molar-refractivity contribution in [2.75, 3.05) is 0 Å². The van der Waals surface area contributed by atoms with Crippen LogP contribution >= 0.6 is 23.2 Å².